The number of benzene rings is 1. The van der Waals surface area contributed by atoms with E-state index in [0.717, 1.165) is 0 Å². The van der Waals surface area contributed by atoms with Crippen LogP contribution in [0.5, 0.6) is 0 Å². The van der Waals surface area contributed by atoms with Crippen LogP contribution in [0.15, 0.2) is 35.5 Å². The van der Waals surface area contributed by atoms with Crippen molar-refractivity contribution in [3.05, 3.63) is 46.9 Å². The molecule has 2 aliphatic heterocycles. The van der Waals surface area contributed by atoms with E-state index in [1.807, 2.05) is 0 Å². The SMILES string of the molecule is COCCN1CC2=C(C1=O)C(c1ccccc1F)NC(=O)N2C. The number of nitrogens with zero attached hydrogens (tertiary/aromatic N) is 2. The van der Waals surface area contributed by atoms with E-state index in [1.165, 1.54) is 11.0 Å². The first-order valence-electron chi connectivity index (χ1n) is 7.34. The summed E-state index contributed by atoms with van der Waals surface area (Å²) < 4.78 is 19.2. The summed E-state index contributed by atoms with van der Waals surface area (Å²) in [5.41, 5.74) is 1.33. The number of nitrogens with one attached hydrogen (secondary N) is 1. The zero-order chi connectivity index (χ0) is 16.6. The summed E-state index contributed by atoms with van der Waals surface area (Å²) in [6, 6.07) is 5.05. The fourth-order valence-corrected chi connectivity index (χ4v) is 2.95. The Balaban J connectivity index is 2.00. The highest BCUT2D eigenvalue weighted by Crippen LogP contribution is 2.36. The maximum absolute atomic E-state index is 14.1. The summed E-state index contributed by atoms with van der Waals surface area (Å²) in [6.07, 6.45) is 0. The molecule has 1 atom stereocenters. The van der Waals surface area contributed by atoms with Gasteiger partial charge in [-0.3, -0.25) is 9.69 Å². The number of carbonyl (C=O) groups is 2. The molecule has 0 saturated heterocycles. The number of methoxy groups -OCH3 is 1. The highest BCUT2D eigenvalue weighted by molar-refractivity contribution is 6.01. The van der Waals surface area contributed by atoms with Crippen LogP contribution in [-0.2, 0) is 9.53 Å². The van der Waals surface area contributed by atoms with Gasteiger partial charge in [0, 0.05) is 26.3 Å². The van der Waals surface area contributed by atoms with Crippen LogP contribution in [0.3, 0.4) is 0 Å². The zero-order valence-corrected chi connectivity index (χ0v) is 13.0. The van der Waals surface area contributed by atoms with Gasteiger partial charge < -0.3 is 15.0 Å². The molecule has 6 nitrogen and oxygen atoms in total. The van der Waals surface area contributed by atoms with Crippen LogP contribution in [0.2, 0.25) is 0 Å². The third kappa shape index (κ3) is 2.57. The summed E-state index contributed by atoms with van der Waals surface area (Å²) >= 11 is 0. The first-order valence-corrected chi connectivity index (χ1v) is 7.34. The van der Waals surface area contributed by atoms with Gasteiger partial charge in [0.25, 0.3) is 5.91 Å². The quantitative estimate of drug-likeness (QED) is 0.909. The van der Waals surface area contributed by atoms with E-state index in [9.17, 15) is 14.0 Å². The minimum absolute atomic E-state index is 0.197. The fraction of sp³-hybridized carbons (Fsp3) is 0.375. The summed E-state index contributed by atoms with van der Waals surface area (Å²) in [5.74, 6) is -0.644. The second kappa shape index (κ2) is 6.00. The molecule has 0 aliphatic carbocycles. The van der Waals surface area contributed by atoms with Gasteiger partial charge >= 0.3 is 6.03 Å². The van der Waals surface area contributed by atoms with Crippen molar-refractivity contribution in [2.24, 2.45) is 0 Å². The van der Waals surface area contributed by atoms with Crippen molar-refractivity contribution in [3.8, 4) is 0 Å². The lowest BCUT2D eigenvalue weighted by molar-refractivity contribution is -0.126. The molecule has 0 spiro atoms. The summed E-state index contributed by atoms with van der Waals surface area (Å²) in [5, 5.41) is 2.71. The van der Waals surface area contributed by atoms with E-state index >= 15 is 0 Å². The number of likely N-dealkylation sites (N-methyl/N-ethyl adjacent to an activating group) is 1. The van der Waals surface area contributed by atoms with Crippen LogP contribution in [0, 0.1) is 5.82 Å². The van der Waals surface area contributed by atoms with Gasteiger partial charge in [-0.05, 0) is 6.07 Å². The largest absolute Gasteiger partial charge is 0.383 e. The van der Waals surface area contributed by atoms with Crippen molar-refractivity contribution in [2.75, 3.05) is 33.9 Å². The molecule has 0 fully saturated rings. The molecule has 1 unspecified atom stereocenters. The number of carbonyl (C=O) groups excluding carboxylic acids is 2. The topological polar surface area (TPSA) is 61.9 Å². The molecular weight excluding hydrogens is 301 g/mol. The molecule has 0 saturated carbocycles. The Labute approximate surface area is 133 Å². The molecule has 1 N–H and O–H groups in total. The highest BCUT2D eigenvalue weighted by Gasteiger charge is 2.43. The van der Waals surface area contributed by atoms with E-state index in [0.29, 0.717) is 36.5 Å². The van der Waals surface area contributed by atoms with Gasteiger partial charge in [-0.2, -0.15) is 0 Å². The lowest BCUT2D eigenvalue weighted by atomic mass is 9.95. The number of hydrogen-bond donors (Lipinski definition) is 1. The van der Waals surface area contributed by atoms with Gasteiger partial charge in [-0.1, -0.05) is 18.2 Å². The minimum atomic E-state index is -0.769. The first kappa shape index (κ1) is 15.5. The number of urea groups is 1. The molecule has 2 aliphatic rings. The smallest absolute Gasteiger partial charge is 0.322 e. The average Bonchev–Trinajstić information content (AvgIpc) is 2.87. The summed E-state index contributed by atoms with van der Waals surface area (Å²) in [4.78, 5) is 27.9. The van der Waals surface area contributed by atoms with Gasteiger partial charge in [0.05, 0.1) is 30.5 Å². The van der Waals surface area contributed by atoms with Crippen LogP contribution in [0.1, 0.15) is 11.6 Å². The Morgan fingerprint density at radius 1 is 1.35 bits per heavy atom. The van der Waals surface area contributed by atoms with E-state index in [2.05, 4.69) is 5.32 Å². The molecule has 0 aromatic heterocycles. The van der Waals surface area contributed by atoms with Crippen molar-refractivity contribution in [2.45, 2.75) is 6.04 Å². The highest BCUT2D eigenvalue weighted by atomic mass is 19.1. The van der Waals surface area contributed by atoms with Crippen molar-refractivity contribution in [1.29, 1.82) is 0 Å². The minimum Gasteiger partial charge on any atom is -0.383 e. The molecule has 1 aromatic rings. The number of rotatable bonds is 4. The predicted octanol–water partition coefficient (Wildman–Crippen LogP) is 1.26. The lowest BCUT2D eigenvalue weighted by Gasteiger charge is -2.31. The van der Waals surface area contributed by atoms with Crippen LogP contribution in [-0.4, -0.2) is 55.6 Å². The van der Waals surface area contributed by atoms with Crippen molar-refractivity contribution in [1.82, 2.24) is 15.1 Å². The molecule has 1 aromatic carbocycles. The van der Waals surface area contributed by atoms with E-state index < -0.39 is 11.9 Å². The number of halogens is 1. The standard InChI is InChI=1S/C16H18FN3O3/c1-19-12-9-20(7-8-23-2)15(21)13(12)14(18-16(19)22)10-5-3-4-6-11(10)17/h3-6,14H,7-9H2,1-2H3,(H,18,22). The van der Waals surface area contributed by atoms with Gasteiger partial charge in [-0.15, -0.1) is 0 Å². The molecule has 2 heterocycles. The Morgan fingerprint density at radius 2 is 2.09 bits per heavy atom. The first-order chi connectivity index (χ1) is 11.0. The number of ether oxygens (including phenoxy) is 1. The second-order valence-electron chi connectivity index (χ2n) is 5.54. The average molecular weight is 319 g/mol. The third-order valence-corrected chi connectivity index (χ3v) is 4.22. The van der Waals surface area contributed by atoms with Crippen LogP contribution >= 0.6 is 0 Å². The Morgan fingerprint density at radius 3 is 2.78 bits per heavy atom. The third-order valence-electron chi connectivity index (χ3n) is 4.22. The van der Waals surface area contributed by atoms with E-state index in [1.54, 1.807) is 37.3 Å². The summed E-state index contributed by atoms with van der Waals surface area (Å²) in [7, 11) is 3.17. The van der Waals surface area contributed by atoms with E-state index in [4.69, 9.17) is 4.74 Å². The normalized spacial score (nSPS) is 20.9. The molecule has 122 valence electrons. The molecule has 23 heavy (non-hydrogen) atoms. The molecule has 7 heteroatoms. The van der Waals surface area contributed by atoms with Gasteiger partial charge in [0.1, 0.15) is 5.82 Å². The van der Waals surface area contributed by atoms with Gasteiger partial charge in [0.2, 0.25) is 0 Å². The monoisotopic (exact) mass is 319 g/mol. The van der Waals surface area contributed by atoms with Crippen molar-refractivity contribution in [3.63, 3.8) is 0 Å². The Bertz CT molecular complexity index is 689. The van der Waals surface area contributed by atoms with Crippen LogP contribution in [0.25, 0.3) is 0 Å². The number of amides is 3. The predicted molar refractivity (Wildman–Crippen MR) is 80.9 cm³/mol. The van der Waals surface area contributed by atoms with E-state index in [-0.39, 0.29) is 11.9 Å². The molecule has 3 amide bonds. The second-order valence-corrected chi connectivity index (χ2v) is 5.54. The molecular formula is C16H18FN3O3. The van der Waals surface area contributed by atoms with Crippen molar-refractivity contribution < 1.29 is 18.7 Å². The lowest BCUT2D eigenvalue weighted by Crippen LogP contribution is -2.45. The number of hydrogen-bond acceptors (Lipinski definition) is 3. The summed E-state index contributed by atoms with van der Waals surface area (Å²) in [6.45, 7) is 1.16. The Kier molecular flexibility index (Phi) is 4.04. The maximum atomic E-state index is 14.1. The zero-order valence-electron chi connectivity index (χ0n) is 13.0. The molecule has 3 rings (SSSR count). The molecule has 0 bridgehead atoms. The van der Waals surface area contributed by atoms with Gasteiger partial charge in [0.15, 0.2) is 0 Å². The van der Waals surface area contributed by atoms with Crippen LogP contribution in [0.4, 0.5) is 9.18 Å². The van der Waals surface area contributed by atoms with Crippen LogP contribution < -0.4 is 5.32 Å². The van der Waals surface area contributed by atoms with Gasteiger partial charge in [-0.25, -0.2) is 9.18 Å². The fourth-order valence-electron chi connectivity index (χ4n) is 2.95. The van der Waals surface area contributed by atoms with Crippen molar-refractivity contribution >= 4 is 11.9 Å². The Hall–Kier alpha value is -2.41. The maximum Gasteiger partial charge on any atom is 0.322 e. The molecule has 0 radical (unpaired) electrons.